The topological polar surface area (TPSA) is 43.8 Å². The van der Waals surface area contributed by atoms with Crippen molar-refractivity contribution in [2.24, 2.45) is 11.3 Å². The summed E-state index contributed by atoms with van der Waals surface area (Å²) in [7, 11) is 0. The molecule has 0 unspecified atom stereocenters. The minimum Gasteiger partial charge on any atom is -0.396 e. The number of nitrogens with two attached hydrogens (primary N) is 1. The molecule has 1 heterocycles. The Hall–Kier alpha value is -0.990. The molecule has 1 aromatic rings. The second-order valence-electron chi connectivity index (χ2n) is 4.99. The molecule has 0 saturated heterocycles. The van der Waals surface area contributed by atoms with Crippen molar-refractivity contribution in [3.63, 3.8) is 0 Å². The maximum Gasteiger partial charge on any atom is 0.0730 e. The van der Waals surface area contributed by atoms with Crippen LogP contribution in [-0.4, -0.2) is 9.78 Å². The lowest BCUT2D eigenvalue weighted by Crippen LogP contribution is -2.26. The van der Waals surface area contributed by atoms with Gasteiger partial charge in [-0.3, -0.25) is 4.68 Å². The second-order valence-corrected chi connectivity index (χ2v) is 4.99. The molecule has 1 rings (SSSR count). The van der Waals surface area contributed by atoms with Crippen LogP contribution in [0.5, 0.6) is 0 Å². The average molecular weight is 195 g/mol. The Morgan fingerprint density at radius 1 is 1.50 bits per heavy atom. The number of anilines is 1. The summed E-state index contributed by atoms with van der Waals surface area (Å²) in [5.74, 6) is 0.632. The van der Waals surface area contributed by atoms with Gasteiger partial charge < -0.3 is 5.73 Å². The lowest BCUT2D eigenvalue weighted by atomic mass is 9.81. The molecule has 0 aliphatic rings. The van der Waals surface area contributed by atoms with Crippen LogP contribution in [-0.2, 0) is 6.54 Å². The SMILES string of the molecule is Cc1c(N)cnn1CC(C)(C)C(C)C. The Kier molecular flexibility index (Phi) is 2.88. The number of hydrogen-bond acceptors (Lipinski definition) is 2. The summed E-state index contributed by atoms with van der Waals surface area (Å²) in [6.07, 6.45) is 1.73. The first-order chi connectivity index (χ1) is 6.34. The maximum absolute atomic E-state index is 5.75. The maximum atomic E-state index is 5.75. The molecule has 1 aromatic heterocycles. The summed E-state index contributed by atoms with van der Waals surface area (Å²) in [4.78, 5) is 0. The smallest absolute Gasteiger partial charge is 0.0730 e. The molecule has 0 spiro atoms. The van der Waals surface area contributed by atoms with Crippen molar-refractivity contribution in [2.75, 3.05) is 5.73 Å². The summed E-state index contributed by atoms with van der Waals surface area (Å²) < 4.78 is 2.00. The lowest BCUT2D eigenvalue weighted by molar-refractivity contribution is 0.199. The highest BCUT2D eigenvalue weighted by Crippen LogP contribution is 2.28. The lowest BCUT2D eigenvalue weighted by Gasteiger charge is -2.29. The van der Waals surface area contributed by atoms with E-state index in [1.54, 1.807) is 6.20 Å². The Bertz CT molecular complexity index is 310. The van der Waals surface area contributed by atoms with Gasteiger partial charge in [-0.15, -0.1) is 0 Å². The van der Waals surface area contributed by atoms with Crippen LogP contribution in [0.2, 0.25) is 0 Å². The molecule has 0 atom stereocenters. The Labute approximate surface area is 86.3 Å². The van der Waals surface area contributed by atoms with E-state index in [0.717, 1.165) is 17.9 Å². The number of nitrogen functional groups attached to an aromatic ring is 1. The zero-order chi connectivity index (χ0) is 10.9. The van der Waals surface area contributed by atoms with Crippen LogP contribution < -0.4 is 5.73 Å². The minimum atomic E-state index is 0.253. The summed E-state index contributed by atoms with van der Waals surface area (Å²) in [5.41, 5.74) is 7.86. The van der Waals surface area contributed by atoms with Gasteiger partial charge in [0.1, 0.15) is 0 Å². The molecule has 3 heteroatoms. The summed E-state index contributed by atoms with van der Waals surface area (Å²) >= 11 is 0. The van der Waals surface area contributed by atoms with E-state index < -0.39 is 0 Å². The fourth-order valence-corrected chi connectivity index (χ4v) is 1.19. The van der Waals surface area contributed by atoms with Gasteiger partial charge in [-0.1, -0.05) is 27.7 Å². The third kappa shape index (κ3) is 2.08. The van der Waals surface area contributed by atoms with Crippen LogP contribution in [0.25, 0.3) is 0 Å². The van der Waals surface area contributed by atoms with Gasteiger partial charge in [-0.25, -0.2) is 0 Å². The van der Waals surface area contributed by atoms with Gasteiger partial charge in [0, 0.05) is 6.54 Å². The molecular weight excluding hydrogens is 174 g/mol. The molecular formula is C11H21N3. The van der Waals surface area contributed by atoms with Gasteiger partial charge >= 0.3 is 0 Å². The molecule has 0 bridgehead atoms. The molecule has 0 fully saturated rings. The van der Waals surface area contributed by atoms with Crippen LogP contribution in [0.1, 0.15) is 33.4 Å². The predicted molar refractivity (Wildman–Crippen MR) is 60.0 cm³/mol. The van der Waals surface area contributed by atoms with Crippen LogP contribution >= 0.6 is 0 Å². The Morgan fingerprint density at radius 3 is 2.43 bits per heavy atom. The molecule has 2 N–H and O–H groups in total. The molecule has 0 amide bonds. The van der Waals surface area contributed by atoms with E-state index >= 15 is 0 Å². The average Bonchev–Trinajstić information content (AvgIpc) is 2.35. The van der Waals surface area contributed by atoms with Crippen LogP contribution in [0.15, 0.2) is 6.20 Å². The van der Waals surface area contributed by atoms with Gasteiger partial charge in [-0.2, -0.15) is 5.10 Å². The van der Waals surface area contributed by atoms with Crippen molar-refractivity contribution >= 4 is 5.69 Å². The molecule has 14 heavy (non-hydrogen) atoms. The van der Waals surface area contributed by atoms with Crippen LogP contribution in [0.4, 0.5) is 5.69 Å². The van der Waals surface area contributed by atoms with Crippen molar-refractivity contribution in [2.45, 2.75) is 41.2 Å². The molecule has 0 radical (unpaired) electrons. The van der Waals surface area contributed by atoms with E-state index in [0.29, 0.717) is 5.92 Å². The van der Waals surface area contributed by atoms with E-state index in [-0.39, 0.29) is 5.41 Å². The normalized spacial score (nSPS) is 12.4. The molecule has 0 aliphatic heterocycles. The van der Waals surface area contributed by atoms with Crippen molar-refractivity contribution in [3.8, 4) is 0 Å². The fraction of sp³-hybridized carbons (Fsp3) is 0.727. The summed E-state index contributed by atoms with van der Waals surface area (Å²) in [5, 5.41) is 4.27. The Balaban J connectivity index is 2.84. The fourth-order valence-electron chi connectivity index (χ4n) is 1.19. The number of aromatic nitrogens is 2. The monoisotopic (exact) mass is 195 g/mol. The van der Waals surface area contributed by atoms with E-state index in [2.05, 4.69) is 32.8 Å². The molecule has 80 valence electrons. The van der Waals surface area contributed by atoms with Gasteiger partial charge in [0.05, 0.1) is 17.6 Å². The van der Waals surface area contributed by atoms with Crippen LogP contribution in [0.3, 0.4) is 0 Å². The van der Waals surface area contributed by atoms with Gasteiger partial charge in [0.15, 0.2) is 0 Å². The second kappa shape index (κ2) is 3.64. The standard InChI is InChI=1S/C11H21N3/c1-8(2)11(4,5)7-14-9(3)10(12)6-13-14/h6,8H,7,12H2,1-5H3. The first-order valence-corrected chi connectivity index (χ1v) is 5.12. The zero-order valence-corrected chi connectivity index (χ0v) is 9.83. The predicted octanol–water partition coefficient (Wildman–Crippen LogP) is 2.46. The van der Waals surface area contributed by atoms with Gasteiger partial charge in [0.2, 0.25) is 0 Å². The third-order valence-electron chi connectivity index (χ3n) is 3.26. The van der Waals surface area contributed by atoms with Gasteiger partial charge in [-0.05, 0) is 18.3 Å². The quantitative estimate of drug-likeness (QED) is 0.805. The highest BCUT2D eigenvalue weighted by Gasteiger charge is 2.24. The van der Waals surface area contributed by atoms with E-state index in [1.165, 1.54) is 0 Å². The highest BCUT2D eigenvalue weighted by atomic mass is 15.3. The van der Waals surface area contributed by atoms with E-state index in [1.807, 2.05) is 11.6 Å². The zero-order valence-electron chi connectivity index (χ0n) is 9.83. The molecule has 0 aliphatic carbocycles. The number of rotatable bonds is 3. The van der Waals surface area contributed by atoms with Crippen molar-refractivity contribution in [1.29, 1.82) is 0 Å². The largest absolute Gasteiger partial charge is 0.396 e. The first kappa shape index (κ1) is 11.1. The van der Waals surface area contributed by atoms with Gasteiger partial charge in [0.25, 0.3) is 0 Å². The van der Waals surface area contributed by atoms with E-state index in [4.69, 9.17) is 5.73 Å². The molecule has 0 saturated carbocycles. The molecule has 0 aromatic carbocycles. The number of nitrogens with zero attached hydrogens (tertiary/aromatic N) is 2. The third-order valence-corrected chi connectivity index (χ3v) is 3.26. The summed E-state index contributed by atoms with van der Waals surface area (Å²) in [6, 6.07) is 0. The van der Waals surface area contributed by atoms with Crippen molar-refractivity contribution < 1.29 is 0 Å². The number of hydrogen-bond donors (Lipinski definition) is 1. The van der Waals surface area contributed by atoms with E-state index in [9.17, 15) is 0 Å². The van der Waals surface area contributed by atoms with Crippen molar-refractivity contribution in [3.05, 3.63) is 11.9 Å². The van der Waals surface area contributed by atoms with Crippen molar-refractivity contribution in [1.82, 2.24) is 9.78 Å². The molecule has 3 nitrogen and oxygen atoms in total. The van der Waals surface area contributed by atoms with Crippen LogP contribution in [0, 0.1) is 18.3 Å². The summed E-state index contributed by atoms with van der Waals surface area (Å²) in [6.45, 7) is 11.9. The minimum absolute atomic E-state index is 0.253. The Morgan fingerprint density at radius 2 is 2.07 bits per heavy atom. The highest BCUT2D eigenvalue weighted by molar-refractivity contribution is 5.39. The first-order valence-electron chi connectivity index (χ1n) is 5.12.